The van der Waals surface area contributed by atoms with Crippen LogP contribution in [-0.4, -0.2) is 35.8 Å². The van der Waals surface area contributed by atoms with Crippen molar-refractivity contribution in [3.05, 3.63) is 29.3 Å². The van der Waals surface area contributed by atoms with Crippen LogP contribution in [0.1, 0.15) is 45.7 Å². The van der Waals surface area contributed by atoms with Gasteiger partial charge in [0.25, 0.3) is 0 Å². The second kappa shape index (κ2) is 7.21. The van der Waals surface area contributed by atoms with Gasteiger partial charge < -0.3 is 14.8 Å². The fourth-order valence-corrected chi connectivity index (χ4v) is 2.43. The Labute approximate surface area is 139 Å². The molecule has 0 aliphatic carbocycles. The minimum absolute atomic E-state index is 0.266. The predicted molar refractivity (Wildman–Crippen MR) is 90.6 cm³/mol. The molecule has 23 heavy (non-hydrogen) atoms. The lowest BCUT2D eigenvalue weighted by Crippen LogP contribution is -2.33. The maximum absolute atomic E-state index is 12.2. The standard InChI is InChI=1S/C18H28N2O3/c1-13(2)19-8-9-22-16-7-6-14-11-20(12-15(14)10-16)17(21)23-18(3,4)5/h6-7,10,13,19H,8-9,11-12H2,1-5H3. The molecule has 0 unspecified atom stereocenters. The number of nitrogens with zero attached hydrogens (tertiary/aromatic N) is 1. The Hall–Kier alpha value is -1.75. The molecule has 1 aromatic carbocycles. The van der Waals surface area contributed by atoms with Gasteiger partial charge in [-0.15, -0.1) is 0 Å². The number of ether oxygens (including phenoxy) is 2. The molecule has 1 aliphatic heterocycles. The van der Waals surface area contributed by atoms with Gasteiger partial charge in [0, 0.05) is 25.7 Å². The molecular formula is C18H28N2O3. The summed E-state index contributed by atoms with van der Waals surface area (Å²) in [6.45, 7) is 12.5. The number of nitrogens with one attached hydrogen (secondary N) is 1. The minimum atomic E-state index is -0.469. The van der Waals surface area contributed by atoms with Gasteiger partial charge >= 0.3 is 6.09 Å². The molecule has 5 nitrogen and oxygen atoms in total. The van der Waals surface area contributed by atoms with E-state index < -0.39 is 5.60 Å². The van der Waals surface area contributed by atoms with E-state index >= 15 is 0 Å². The Morgan fingerprint density at radius 1 is 1.26 bits per heavy atom. The van der Waals surface area contributed by atoms with Gasteiger partial charge in [-0.3, -0.25) is 4.90 Å². The third kappa shape index (κ3) is 5.43. The van der Waals surface area contributed by atoms with Crippen LogP contribution in [-0.2, 0) is 17.8 Å². The fraction of sp³-hybridized carbons (Fsp3) is 0.611. The maximum atomic E-state index is 12.2. The van der Waals surface area contributed by atoms with E-state index in [1.807, 2.05) is 39.0 Å². The van der Waals surface area contributed by atoms with E-state index in [1.54, 1.807) is 4.90 Å². The molecule has 0 fully saturated rings. The lowest BCUT2D eigenvalue weighted by atomic mass is 10.1. The van der Waals surface area contributed by atoms with Crippen LogP contribution in [0.5, 0.6) is 5.75 Å². The summed E-state index contributed by atoms with van der Waals surface area (Å²) in [4.78, 5) is 13.9. The van der Waals surface area contributed by atoms with E-state index in [9.17, 15) is 4.79 Å². The van der Waals surface area contributed by atoms with E-state index in [1.165, 1.54) is 0 Å². The molecule has 0 aromatic heterocycles. The smallest absolute Gasteiger partial charge is 0.410 e. The summed E-state index contributed by atoms with van der Waals surface area (Å²) in [7, 11) is 0. The van der Waals surface area contributed by atoms with E-state index in [-0.39, 0.29) is 6.09 Å². The largest absolute Gasteiger partial charge is 0.492 e. The van der Waals surface area contributed by atoms with Gasteiger partial charge in [-0.05, 0) is 44.0 Å². The summed E-state index contributed by atoms with van der Waals surface area (Å²) in [6, 6.07) is 6.48. The molecule has 1 aromatic rings. The van der Waals surface area contributed by atoms with Gasteiger partial charge in [0.05, 0.1) is 0 Å². The van der Waals surface area contributed by atoms with Crippen LogP contribution in [0.25, 0.3) is 0 Å². The lowest BCUT2D eigenvalue weighted by Gasteiger charge is -2.24. The first-order valence-electron chi connectivity index (χ1n) is 8.20. The highest BCUT2D eigenvalue weighted by Crippen LogP contribution is 2.28. The summed E-state index contributed by atoms with van der Waals surface area (Å²) < 4.78 is 11.2. The van der Waals surface area contributed by atoms with Gasteiger partial charge in [-0.2, -0.15) is 0 Å². The fourth-order valence-electron chi connectivity index (χ4n) is 2.43. The van der Waals surface area contributed by atoms with Crippen LogP contribution in [0.15, 0.2) is 18.2 Å². The van der Waals surface area contributed by atoms with Crippen molar-refractivity contribution in [2.24, 2.45) is 0 Å². The third-order valence-electron chi connectivity index (χ3n) is 3.48. The van der Waals surface area contributed by atoms with Crippen LogP contribution in [0.4, 0.5) is 4.79 Å². The number of carbonyl (C=O) groups excluding carboxylic acids is 1. The quantitative estimate of drug-likeness (QED) is 0.846. The Bertz CT molecular complexity index is 550. The Morgan fingerprint density at radius 2 is 1.96 bits per heavy atom. The summed E-state index contributed by atoms with van der Waals surface area (Å²) in [6.07, 6.45) is -0.266. The van der Waals surface area contributed by atoms with E-state index in [0.717, 1.165) is 23.4 Å². The molecule has 2 rings (SSSR count). The van der Waals surface area contributed by atoms with Gasteiger partial charge in [-0.1, -0.05) is 19.9 Å². The van der Waals surface area contributed by atoms with E-state index in [0.29, 0.717) is 25.7 Å². The number of hydrogen-bond donors (Lipinski definition) is 1. The molecule has 0 radical (unpaired) electrons. The zero-order chi connectivity index (χ0) is 17.0. The molecule has 1 N–H and O–H groups in total. The molecule has 1 amide bonds. The number of rotatable bonds is 5. The minimum Gasteiger partial charge on any atom is -0.492 e. The van der Waals surface area contributed by atoms with Crippen molar-refractivity contribution in [2.45, 2.75) is 59.4 Å². The molecule has 0 spiro atoms. The Kier molecular flexibility index (Phi) is 5.52. The molecule has 128 valence electrons. The normalized spacial score (nSPS) is 14.1. The number of amides is 1. The zero-order valence-corrected chi connectivity index (χ0v) is 14.8. The van der Waals surface area contributed by atoms with Gasteiger partial charge in [0.15, 0.2) is 0 Å². The molecule has 1 heterocycles. The number of benzene rings is 1. The second-order valence-corrected chi connectivity index (χ2v) is 7.22. The molecule has 0 saturated heterocycles. The van der Waals surface area contributed by atoms with Crippen molar-refractivity contribution in [3.63, 3.8) is 0 Å². The molecule has 5 heteroatoms. The summed E-state index contributed by atoms with van der Waals surface area (Å²) >= 11 is 0. The first-order chi connectivity index (χ1) is 10.7. The first kappa shape index (κ1) is 17.6. The monoisotopic (exact) mass is 320 g/mol. The summed E-state index contributed by atoms with van der Waals surface area (Å²) in [5.74, 6) is 0.848. The first-order valence-corrected chi connectivity index (χ1v) is 8.20. The van der Waals surface area contributed by atoms with Crippen molar-refractivity contribution in [1.82, 2.24) is 10.2 Å². The molecule has 0 saturated carbocycles. The lowest BCUT2D eigenvalue weighted by molar-refractivity contribution is 0.0242. The number of fused-ring (bicyclic) bond motifs is 1. The number of hydrogen-bond acceptors (Lipinski definition) is 4. The van der Waals surface area contributed by atoms with E-state index in [2.05, 4.69) is 19.2 Å². The Morgan fingerprint density at radius 3 is 2.61 bits per heavy atom. The SMILES string of the molecule is CC(C)NCCOc1ccc2c(c1)CN(C(=O)OC(C)(C)C)C2. The highest BCUT2D eigenvalue weighted by Gasteiger charge is 2.27. The average molecular weight is 320 g/mol. The van der Waals surface area contributed by atoms with Crippen LogP contribution < -0.4 is 10.1 Å². The van der Waals surface area contributed by atoms with Crippen molar-refractivity contribution in [3.8, 4) is 5.75 Å². The maximum Gasteiger partial charge on any atom is 0.410 e. The predicted octanol–water partition coefficient (Wildman–Crippen LogP) is 3.31. The van der Waals surface area contributed by atoms with Crippen molar-refractivity contribution < 1.29 is 14.3 Å². The van der Waals surface area contributed by atoms with Gasteiger partial charge in [-0.25, -0.2) is 4.79 Å². The van der Waals surface area contributed by atoms with Gasteiger partial charge in [0.2, 0.25) is 0 Å². The topological polar surface area (TPSA) is 50.8 Å². The van der Waals surface area contributed by atoms with Crippen molar-refractivity contribution in [1.29, 1.82) is 0 Å². The molecule has 1 aliphatic rings. The van der Waals surface area contributed by atoms with Crippen molar-refractivity contribution >= 4 is 6.09 Å². The van der Waals surface area contributed by atoms with Crippen LogP contribution in [0, 0.1) is 0 Å². The molecule has 0 atom stereocenters. The van der Waals surface area contributed by atoms with Crippen LogP contribution in [0.2, 0.25) is 0 Å². The van der Waals surface area contributed by atoms with Gasteiger partial charge in [0.1, 0.15) is 18.0 Å². The molecular weight excluding hydrogens is 292 g/mol. The average Bonchev–Trinajstić information content (AvgIpc) is 2.85. The highest BCUT2D eigenvalue weighted by atomic mass is 16.6. The number of carbonyl (C=O) groups is 1. The highest BCUT2D eigenvalue weighted by molar-refractivity contribution is 5.69. The summed E-state index contributed by atoms with van der Waals surface area (Å²) in [5.41, 5.74) is 1.82. The van der Waals surface area contributed by atoms with Crippen molar-refractivity contribution in [2.75, 3.05) is 13.2 Å². The van der Waals surface area contributed by atoms with E-state index in [4.69, 9.17) is 9.47 Å². The Balaban J connectivity index is 1.89. The summed E-state index contributed by atoms with van der Waals surface area (Å²) in [5, 5.41) is 3.32. The zero-order valence-electron chi connectivity index (χ0n) is 14.8. The molecule has 0 bridgehead atoms. The van der Waals surface area contributed by atoms with Crippen LogP contribution >= 0.6 is 0 Å². The third-order valence-corrected chi connectivity index (χ3v) is 3.48. The van der Waals surface area contributed by atoms with Crippen LogP contribution in [0.3, 0.4) is 0 Å². The second-order valence-electron chi connectivity index (χ2n) is 7.22.